The van der Waals surface area contributed by atoms with Gasteiger partial charge in [-0.3, -0.25) is 14.5 Å². The van der Waals surface area contributed by atoms with E-state index in [9.17, 15) is 9.59 Å². The van der Waals surface area contributed by atoms with Gasteiger partial charge in [-0.2, -0.15) is 0 Å². The number of anilines is 1. The number of benzene rings is 1. The van der Waals surface area contributed by atoms with Crippen molar-refractivity contribution in [2.24, 2.45) is 5.92 Å². The smallest absolute Gasteiger partial charge is 0.306 e. The average molecular weight is 347 g/mol. The van der Waals surface area contributed by atoms with Crippen molar-refractivity contribution in [1.82, 2.24) is 4.90 Å². The molecule has 1 heterocycles. The van der Waals surface area contributed by atoms with Crippen LogP contribution >= 0.6 is 24.0 Å². The molecule has 2 N–H and O–H groups in total. The number of aliphatic carboxylic acids is 1. The monoisotopic (exact) mass is 346 g/mol. The zero-order valence-corrected chi connectivity index (χ0v) is 13.9. The number of halogens is 2. The van der Waals surface area contributed by atoms with Gasteiger partial charge in [-0.05, 0) is 45.0 Å². The summed E-state index contributed by atoms with van der Waals surface area (Å²) in [6.45, 7) is 3.06. The highest BCUT2D eigenvalue weighted by atomic mass is 35.5. The molecule has 5 nitrogen and oxygen atoms in total. The van der Waals surface area contributed by atoms with E-state index in [0.717, 1.165) is 0 Å². The number of nitrogens with zero attached hydrogens (tertiary/aromatic N) is 1. The number of amides is 1. The second-order valence-corrected chi connectivity index (χ2v) is 5.70. The van der Waals surface area contributed by atoms with Gasteiger partial charge >= 0.3 is 5.97 Å². The normalized spacial score (nSPS) is 17.4. The van der Waals surface area contributed by atoms with Gasteiger partial charge in [-0.1, -0.05) is 23.7 Å². The summed E-state index contributed by atoms with van der Waals surface area (Å²) in [4.78, 5) is 25.2. The molecule has 0 spiro atoms. The number of hydrogen-bond donors (Lipinski definition) is 2. The van der Waals surface area contributed by atoms with E-state index in [4.69, 9.17) is 16.7 Å². The predicted octanol–water partition coefficient (Wildman–Crippen LogP) is 2.89. The Balaban J connectivity index is 0.00000242. The van der Waals surface area contributed by atoms with Crippen molar-refractivity contribution < 1.29 is 14.7 Å². The average Bonchev–Trinajstić information content (AvgIpc) is 2.49. The minimum Gasteiger partial charge on any atom is -0.481 e. The number of piperidine rings is 1. The fourth-order valence-corrected chi connectivity index (χ4v) is 2.68. The largest absolute Gasteiger partial charge is 0.481 e. The number of carbonyl (C=O) groups excluding carboxylic acids is 1. The minimum absolute atomic E-state index is 0. The van der Waals surface area contributed by atoms with Gasteiger partial charge in [0.05, 0.1) is 22.7 Å². The zero-order chi connectivity index (χ0) is 15.4. The molecule has 1 fully saturated rings. The van der Waals surface area contributed by atoms with Crippen LogP contribution < -0.4 is 5.32 Å². The standard InChI is InChI=1S/C15H19ClN2O3.ClH/c1-10(18-8-6-11(7-9-18)15(20)21)14(19)17-13-5-3-2-4-12(13)16;/h2-5,10-11H,6-9H2,1H3,(H,17,19)(H,20,21);1H. The topological polar surface area (TPSA) is 69.6 Å². The highest BCUT2D eigenvalue weighted by molar-refractivity contribution is 6.33. The maximum Gasteiger partial charge on any atom is 0.306 e. The SMILES string of the molecule is CC(C(=O)Nc1ccccc1Cl)N1CCC(C(=O)O)CC1.Cl. The summed E-state index contributed by atoms with van der Waals surface area (Å²) in [5, 5.41) is 12.3. The van der Waals surface area contributed by atoms with Crippen LogP contribution in [0.4, 0.5) is 5.69 Å². The van der Waals surface area contributed by atoms with Crippen molar-refractivity contribution >= 4 is 41.6 Å². The zero-order valence-electron chi connectivity index (χ0n) is 12.3. The molecule has 1 saturated heterocycles. The van der Waals surface area contributed by atoms with Crippen molar-refractivity contribution in [2.75, 3.05) is 18.4 Å². The van der Waals surface area contributed by atoms with Crippen LogP contribution in [0.5, 0.6) is 0 Å². The van der Waals surface area contributed by atoms with Crippen molar-refractivity contribution in [3.8, 4) is 0 Å². The summed E-state index contributed by atoms with van der Waals surface area (Å²) in [7, 11) is 0. The van der Waals surface area contributed by atoms with Crippen LogP contribution in [0, 0.1) is 5.92 Å². The van der Waals surface area contributed by atoms with E-state index < -0.39 is 5.97 Å². The molecule has 0 radical (unpaired) electrons. The highest BCUT2D eigenvalue weighted by Gasteiger charge is 2.29. The molecule has 0 bridgehead atoms. The molecule has 7 heteroatoms. The van der Waals surface area contributed by atoms with Crippen LogP contribution in [-0.4, -0.2) is 41.0 Å². The molecule has 0 saturated carbocycles. The van der Waals surface area contributed by atoms with E-state index in [1.165, 1.54) is 0 Å². The van der Waals surface area contributed by atoms with Crippen molar-refractivity contribution in [3.63, 3.8) is 0 Å². The molecule has 1 unspecified atom stereocenters. The molecule has 1 aliphatic rings. The number of carbonyl (C=O) groups is 2. The molecular weight excluding hydrogens is 327 g/mol. The van der Waals surface area contributed by atoms with E-state index in [0.29, 0.717) is 36.6 Å². The van der Waals surface area contributed by atoms with Crippen LogP contribution in [0.2, 0.25) is 5.02 Å². The molecule has 0 aromatic heterocycles. The maximum atomic E-state index is 12.3. The van der Waals surface area contributed by atoms with Crippen molar-refractivity contribution in [2.45, 2.75) is 25.8 Å². The van der Waals surface area contributed by atoms with Crippen LogP contribution in [0.25, 0.3) is 0 Å². The summed E-state index contributed by atoms with van der Waals surface area (Å²) in [6, 6.07) is 6.78. The van der Waals surface area contributed by atoms with Gasteiger partial charge < -0.3 is 10.4 Å². The third-order valence-corrected chi connectivity index (χ3v) is 4.27. The maximum absolute atomic E-state index is 12.3. The molecule has 22 heavy (non-hydrogen) atoms. The summed E-state index contributed by atoms with van der Waals surface area (Å²) in [5.41, 5.74) is 0.594. The lowest BCUT2D eigenvalue weighted by atomic mass is 9.96. The molecule has 2 rings (SSSR count). The number of para-hydroxylation sites is 1. The summed E-state index contributed by atoms with van der Waals surface area (Å²) in [5.74, 6) is -1.17. The number of rotatable bonds is 4. The van der Waals surface area contributed by atoms with E-state index >= 15 is 0 Å². The van der Waals surface area contributed by atoms with Crippen LogP contribution in [0.15, 0.2) is 24.3 Å². The molecule has 1 amide bonds. The first-order chi connectivity index (χ1) is 9.99. The van der Waals surface area contributed by atoms with E-state index in [1.54, 1.807) is 18.2 Å². The Morgan fingerprint density at radius 2 is 1.91 bits per heavy atom. The van der Waals surface area contributed by atoms with E-state index in [2.05, 4.69) is 5.32 Å². The highest BCUT2D eigenvalue weighted by Crippen LogP contribution is 2.22. The molecular formula is C15H20Cl2N2O3. The Hall–Kier alpha value is -1.30. The Bertz CT molecular complexity index is 531. The van der Waals surface area contributed by atoms with Gasteiger partial charge in [-0.25, -0.2) is 0 Å². The van der Waals surface area contributed by atoms with Gasteiger partial charge in [0, 0.05) is 0 Å². The first-order valence-electron chi connectivity index (χ1n) is 7.01. The van der Waals surface area contributed by atoms with Crippen LogP contribution in [0.1, 0.15) is 19.8 Å². The molecule has 1 atom stereocenters. The summed E-state index contributed by atoms with van der Waals surface area (Å²) < 4.78 is 0. The number of hydrogen-bond acceptors (Lipinski definition) is 3. The Kier molecular flexibility index (Phi) is 7.13. The lowest BCUT2D eigenvalue weighted by Gasteiger charge is -2.33. The third-order valence-electron chi connectivity index (χ3n) is 3.94. The number of carboxylic acid groups (broad SMARTS) is 1. The molecule has 1 aromatic rings. The number of nitrogens with one attached hydrogen (secondary N) is 1. The fourth-order valence-electron chi connectivity index (χ4n) is 2.50. The van der Waals surface area contributed by atoms with Crippen LogP contribution in [-0.2, 0) is 9.59 Å². The first kappa shape index (κ1) is 18.7. The van der Waals surface area contributed by atoms with Gasteiger partial charge in [0.25, 0.3) is 0 Å². The van der Waals surface area contributed by atoms with Crippen molar-refractivity contribution in [3.05, 3.63) is 29.3 Å². The minimum atomic E-state index is -0.747. The fraction of sp³-hybridized carbons (Fsp3) is 0.467. The Labute approximate surface area is 141 Å². The summed E-state index contributed by atoms with van der Waals surface area (Å²) >= 11 is 6.02. The first-order valence-corrected chi connectivity index (χ1v) is 7.39. The van der Waals surface area contributed by atoms with Crippen molar-refractivity contribution in [1.29, 1.82) is 0 Å². The van der Waals surface area contributed by atoms with Crippen LogP contribution in [0.3, 0.4) is 0 Å². The van der Waals surface area contributed by atoms with Gasteiger partial charge in [0.15, 0.2) is 0 Å². The third kappa shape index (κ3) is 4.60. The number of likely N-dealkylation sites (tertiary alicyclic amines) is 1. The number of carboxylic acids is 1. The van der Waals surface area contributed by atoms with E-state index in [-0.39, 0.29) is 30.3 Å². The van der Waals surface area contributed by atoms with Gasteiger partial charge in [0.2, 0.25) is 5.91 Å². The van der Waals surface area contributed by atoms with Gasteiger partial charge in [0.1, 0.15) is 0 Å². The van der Waals surface area contributed by atoms with Gasteiger partial charge in [-0.15, -0.1) is 12.4 Å². The predicted molar refractivity (Wildman–Crippen MR) is 88.7 cm³/mol. The van der Waals surface area contributed by atoms with E-state index in [1.807, 2.05) is 17.9 Å². The molecule has 1 aliphatic heterocycles. The molecule has 122 valence electrons. The second-order valence-electron chi connectivity index (χ2n) is 5.29. The summed E-state index contributed by atoms with van der Waals surface area (Å²) in [6.07, 6.45) is 1.16. The quantitative estimate of drug-likeness (QED) is 0.879. The molecule has 0 aliphatic carbocycles. The second kappa shape index (κ2) is 8.36. The Morgan fingerprint density at radius 3 is 2.45 bits per heavy atom. The lowest BCUT2D eigenvalue weighted by Crippen LogP contribution is -2.47. The lowest BCUT2D eigenvalue weighted by molar-refractivity contribution is -0.143. The molecule has 1 aromatic carbocycles. The Morgan fingerprint density at radius 1 is 1.32 bits per heavy atom.